The maximum absolute atomic E-state index is 3.76. The van der Waals surface area contributed by atoms with Crippen molar-refractivity contribution in [2.75, 3.05) is 5.32 Å². The van der Waals surface area contributed by atoms with Gasteiger partial charge >= 0.3 is 0 Å². The van der Waals surface area contributed by atoms with Gasteiger partial charge in [0.2, 0.25) is 0 Å². The smallest absolute Gasteiger partial charge is 0.0553 e. The van der Waals surface area contributed by atoms with Crippen molar-refractivity contribution in [3.63, 3.8) is 0 Å². The third-order valence-electron chi connectivity index (χ3n) is 4.55. The summed E-state index contributed by atoms with van der Waals surface area (Å²) >= 11 is 7.12. The predicted molar refractivity (Wildman–Crippen MR) is 94.6 cm³/mol. The third-order valence-corrected chi connectivity index (χ3v) is 5.58. The van der Waals surface area contributed by atoms with E-state index >= 15 is 0 Å². The van der Waals surface area contributed by atoms with Crippen LogP contribution in [0.1, 0.15) is 29.5 Å². The molecule has 3 atom stereocenters. The Balaban J connectivity index is 1.78. The number of anilines is 1. The van der Waals surface area contributed by atoms with Gasteiger partial charge in [-0.2, -0.15) is 0 Å². The van der Waals surface area contributed by atoms with Crippen LogP contribution in [0.3, 0.4) is 0 Å². The molecule has 1 nitrogen and oxygen atoms in total. The molecule has 0 bridgehead atoms. The Morgan fingerprint density at radius 3 is 2.52 bits per heavy atom. The number of nitrogens with one attached hydrogen (secondary N) is 1. The van der Waals surface area contributed by atoms with Crippen LogP contribution < -0.4 is 5.32 Å². The summed E-state index contributed by atoms with van der Waals surface area (Å²) in [5.74, 6) is 1.13. The molecule has 1 aliphatic heterocycles. The molecule has 0 saturated carbocycles. The highest BCUT2D eigenvalue weighted by atomic mass is 79.9. The van der Waals surface area contributed by atoms with Crippen LogP contribution >= 0.6 is 31.9 Å². The molecule has 0 saturated heterocycles. The van der Waals surface area contributed by atoms with Crippen molar-refractivity contribution in [3.8, 4) is 0 Å². The van der Waals surface area contributed by atoms with Crippen LogP contribution in [0.5, 0.6) is 0 Å². The molecule has 4 rings (SSSR count). The third kappa shape index (κ3) is 2.36. The van der Waals surface area contributed by atoms with Crippen LogP contribution in [0.15, 0.2) is 63.6 Å². The van der Waals surface area contributed by atoms with Crippen molar-refractivity contribution in [1.82, 2.24) is 0 Å². The van der Waals surface area contributed by atoms with Gasteiger partial charge in [-0.15, -0.1) is 0 Å². The lowest BCUT2D eigenvalue weighted by Crippen LogP contribution is -2.29. The van der Waals surface area contributed by atoms with E-state index in [0.717, 1.165) is 15.4 Å². The number of hydrogen-bond donors (Lipinski definition) is 1. The quantitative estimate of drug-likeness (QED) is 0.571. The Hall–Kier alpha value is -1.06. The zero-order valence-electron chi connectivity index (χ0n) is 11.4. The maximum Gasteiger partial charge on any atom is 0.0553 e. The first-order valence-electron chi connectivity index (χ1n) is 7.20. The first kappa shape index (κ1) is 13.6. The van der Waals surface area contributed by atoms with E-state index in [1.807, 2.05) is 0 Å². The largest absolute Gasteiger partial charge is 0.378 e. The number of halogens is 2. The molecule has 2 aromatic carbocycles. The van der Waals surface area contributed by atoms with Crippen LogP contribution in [0, 0.1) is 5.92 Å². The lowest BCUT2D eigenvalue weighted by molar-refractivity contribution is 0.425. The highest BCUT2D eigenvalue weighted by Crippen LogP contribution is 2.50. The van der Waals surface area contributed by atoms with Gasteiger partial charge in [0.05, 0.1) is 6.04 Å². The zero-order valence-corrected chi connectivity index (χ0v) is 14.6. The minimum Gasteiger partial charge on any atom is -0.378 e. The van der Waals surface area contributed by atoms with Crippen LogP contribution in [0.4, 0.5) is 5.69 Å². The Morgan fingerprint density at radius 1 is 0.952 bits per heavy atom. The summed E-state index contributed by atoms with van der Waals surface area (Å²) in [6.07, 6.45) is 5.85. The van der Waals surface area contributed by atoms with Gasteiger partial charge < -0.3 is 5.32 Å². The van der Waals surface area contributed by atoms with Crippen LogP contribution in [0.25, 0.3) is 0 Å². The number of allylic oxidation sites excluding steroid dienone is 2. The lowest BCUT2D eigenvalue weighted by atomic mass is 9.77. The van der Waals surface area contributed by atoms with Crippen molar-refractivity contribution in [1.29, 1.82) is 0 Å². The van der Waals surface area contributed by atoms with E-state index in [1.165, 1.54) is 16.8 Å². The van der Waals surface area contributed by atoms with E-state index < -0.39 is 0 Å². The number of fused-ring (bicyclic) bond motifs is 3. The Morgan fingerprint density at radius 2 is 1.71 bits per heavy atom. The molecule has 0 amide bonds. The zero-order chi connectivity index (χ0) is 14.4. The highest BCUT2D eigenvalue weighted by Gasteiger charge is 2.37. The molecule has 0 spiro atoms. The molecule has 0 radical (unpaired) electrons. The van der Waals surface area contributed by atoms with Gasteiger partial charge in [0.15, 0.2) is 0 Å². The second-order valence-corrected chi connectivity index (χ2v) is 7.59. The average Bonchev–Trinajstić information content (AvgIpc) is 2.97. The molecule has 1 heterocycles. The molecule has 0 fully saturated rings. The molecule has 2 aromatic rings. The molecule has 1 aliphatic carbocycles. The average molecular weight is 405 g/mol. The van der Waals surface area contributed by atoms with Gasteiger partial charge in [0.1, 0.15) is 0 Å². The summed E-state index contributed by atoms with van der Waals surface area (Å²) in [5, 5.41) is 3.76. The minimum absolute atomic E-state index is 0.381. The molecule has 2 aliphatic rings. The summed E-state index contributed by atoms with van der Waals surface area (Å²) in [4.78, 5) is 0. The summed E-state index contributed by atoms with van der Waals surface area (Å²) in [5.41, 5.74) is 4.04. The molecule has 0 aromatic heterocycles. The normalized spacial score (nSPS) is 26.1. The van der Waals surface area contributed by atoms with E-state index in [9.17, 15) is 0 Å². The number of benzene rings is 2. The van der Waals surface area contributed by atoms with Crippen molar-refractivity contribution in [2.24, 2.45) is 5.92 Å². The molecular weight excluding hydrogens is 390 g/mol. The van der Waals surface area contributed by atoms with Crippen molar-refractivity contribution in [3.05, 3.63) is 74.7 Å². The Bertz CT molecular complexity index is 706. The van der Waals surface area contributed by atoms with Crippen molar-refractivity contribution in [2.45, 2.75) is 18.4 Å². The molecule has 106 valence electrons. The summed E-state index contributed by atoms with van der Waals surface area (Å²) < 4.78 is 2.29. The summed E-state index contributed by atoms with van der Waals surface area (Å²) in [6.45, 7) is 0. The molecule has 3 heteroatoms. The molecule has 0 unspecified atom stereocenters. The first-order chi connectivity index (χ1) is 10.2. The van der Waals surface area contributed by atoms with Gasteiger partial charge in [-0.3, -0.25) is 0 Å². The van der Waals surface area contributed by atoms with E-state index in [0.29, 0.717) is 17.9 Å². The second-order valence-electron chi connectivity index (χ2n) is 5.76. The first-order valence-corrected chi connectivity index (χ1v) is 8.79. The Labute approximate surface area is 141 Å². The predicted octanol–water partition coefficient (Wildman–Crippen LogP) is 6.04. The van der Waals surface area contributed by atoms with E-state index in [-0.39, 0.29) is 0 Å². The van der Waals surface area contributed by atoms with E-state index in [2.05, 4.69) is 91.8 Å². The van der Waals surface area contributed by atoms with Crippen LogP contribution in [0.2, 0.25) is 0 Å². The monoisotopic (exact) mass is 403 g/mol. The van der Waals surface area contributed by atoms with Gasteiger partial charge in [0, 0.05) is 20.6 Å². The van der Waals surface area contributed by atoms with E-state index in [4.69, 9.17) is 0 Å². The van der Waals surface area contributed by atoms with Gasteiger partial charge in [-0.25, -0.2) is 0 Å². The fourth-order valence-corrected chi connectivity index (χ4v) is 4.21. The maximum atomic E-state index is 3.76. The van der Waals surface area contributed by atoms with Crippen LogP contribution in [-0.4, -0.2) is 0 Å². The molecule has 21 heavy (non-hydrogen) atoms. The topological polar surface area (TPSA) is 12.0 Å². The van der Waals surface area contributed by atoms with Gasteiger partial charge in [0.25, 0.3) is 0 Å². The highest BCUT2D eigenvalue weighted by molar-refractivity contribution is 9.10. The second kappa shape index (κ2) is 5.29. The fraction of sp³-hybridized carbons (Fsp3) is 0.222. The molecule has 1 N–H and O–H groups in total. The van der Waals surface area contributed by atoms with Gasteiger partial charge in [-0.1, -0.05) is 56.1 Å². The van der Waals surface area contributed by atoms with Crippen LogP contribution in [-0.2, 0) is 0 Å². The standard InChI is InChI=1S/C18H15Br2N/c19-12-6-4-11(5-7-12)18-15-3-1-2-14(15)16-10-13(20)8-9-17(16)21-18/h1-2,4-10,14-15,18,21H,3H2/t14-,15-,18+/m1/s1. The lowest BCUT2D eigenvalue weighted by Gasteiger charge is -2.37. The fourth-order valence-electron chi connectivity index (χ4n) is 3.57. The number of hydrogen-bond acceptors (Lipinski definition) is 1. The van der Waals surface area contributed by atoms with Crippen molar-refractivity contribution >= 4 is 37.5 Å². The SMILES string of the molecule is Brc1ccc([C@@H]2Nc3ccc(Br)cc3[C@@H]3C=CC[C@H]32)cc1. The van der Waals surface area contributed by atoms with E-state index in [1.54, 1.807) is 0 Å². The van der Waals surface area contributed by atoms with Crippen molar-refractivity contribution < 1.29 is 0 Å². The summed E-state index contributed by atoms with van der Waals surface area (Å²) in [6, 6.07) is 15.6. The number of rotatable bonds is 1. The molecular formula is C18H15Br2N. The van der Waals surface area contributed by atoms with Gasteiger partial charge in [-0.05, 0) is 53.8 Å². The summed E-state index contributed by atoms with van der Waals surface area (Å²) in [7, 11) is 0. The minimum atomic E-state index is 0.381. The Kier molecular flexibility index (Phi) is 3.43.